The van der Waals surface area contributed by atoms with Gasteiger partial charge in [0.05, 0.1) is 7.11 Å². The van der Waals surface area contributed by atoms with Crippen LogP contribution in [0.2, 0.25) is 0 Å². The molecule has 2 unspecified atom stereocenters. The molecule has 1 aromatic carbocycles. The molecule has 1 saturated heterocycles. The van der Waals surface area contributed by atoms with Crippen LogP contribution < -0.4 is 10.5 Å². The molecule has 0 spiro atoms. The molecule has 3 nitrogen and oxygen atoms in total. The van der Waals surface area contributed by atoms with Crippen LogP contribution in [0.5, 0.6) is 5.75 Å². The molecule has 1 aromatic rings. The van der Waals surface area contributed by atoms with E-state index in [1.54, 1.807) is 12.1 Å². The van der Waals surface area contributed by atoms with Crippen LogP contribution in [0.3, 0.4) is 0 Å². The number of hydrogen-bond acceptors (Lipinski definition) is 3. The third-order valence-corrected chi connectivity index (χ3v) is 4.07. The van der Waals surface area contributed by atoms with E-state index in [4.69, 9.17) is 10.5 Å². The molecule has 1 aliphatic heterocycles. The Bertz CT molecular complexity index is 430. The topological polar surface area (TPSA) is 38.5 Å². The van der Waals surface area contributed by atoms with Gasteiger partial charge in [0.1, 0.15) is 0 Å². The lowest BCUT2D eigenvalue weighted by Crippen LogP contribution is -2.48. The highest BCUT2D eigenvalue weighted by atomic mass is 35.5. The summed E-state index contributed by atoms with van der Waals surface area (Å²) in [5, 5.41) is 0. The number of nitrogens with two attached hydrogens (primary N) is 1. The van der Waals surface area contributed by atoms with E-state index >= 15 is 0 Å². The van der Waals surface area contributed by atoms with Gasteiger partial charge in [-0.05, 0) is 43.0 Å². The lowest BCUT2D eigenvalue weighted by Gasteiger charge is -2.39. The molecule has 0 saturated carbocycles. The zero-order chi connectivity index (χ0) is 13.8. The largest absolute Gasteiger partial charge is 0.494 e. The highest BCUT2D eigenvalue weighted by Crippen LogP contribution is 2.25. The quantitative estimate of drug-likeness (QED) is 0.929. The molecular formula is C15H24ClFN2O. The molecule has 2 atom stereocenters. The molecule has 5 heteroatoms. The Balaban J connectivity index is 0.00000200. The number of rotatable bonds is 4. The zero-order valence-electron chi connectivity index (χ0n) is 12.1. The van der Waals surface area contributed by atoms with Crippen molar-refractivity contribution in [2.45, 2.75) is 32.4 Å². The van der Waals surface area contributed by atoms with Crippen molar-refractivity contribution >= 4 is 12.4 Å². The van der Waals surface area contributed by atoms with E-state index in [9.17, 15) is 4.39 Å². The van der Waals surface area contributed by atoms with E-state index in [0.29, 0.717) is 24.3 Å². The first kappa shape index (κ1) is 17.2. The van der Waals surface area contributed by atoms with Crippen LogP contribution in [0, 0.1) is 11.7 Å². The Hall–Kier alpha value is -0.840. The standard InChI is InChI=1S/C15H23FN2O.ClH/c1-11-4-3-7-18(14(11)9-17)10-12-5-6-15(19-2)13(16)8-12;/h5-6,8,11,14H,3-4,7,9-10,17H2,1-2H3;1H. The van der Waals surface area contributed by atoms with E-state index in [-0.39, 0.29) is 18.2 Å². The second-order valence-electron chi connectivity index (χ2n) is 5.36. The summed E-state index contributed by atoms with van der Waals surface area (Å²) in [4.78, 5) is 2.37. The lowest BCUT2D eigenvalue weighted by molar-refractivity contribution is 0.0989. The average Bonchev–Trinajstić information content (AvgIpc) is 2.39. The van der Waals surface area contributed by atoms with Gasteiger partial charge in [-0.2, -0.15) is 0 Å². The third kappa shape index (κ3) is 3.84. The van der Waals surface area contributed by atoms with Crippen molar-refractivity contribution < 1.29 is 9.13 Å². The van der Waals surface area contributed by atoms with Crippen molar-refractivity contribution in [3.63, 3.8) is 0 Å². The highest BCUT2D eigenvalue weighted by Gasteiger charge is 2.27. The molecule has 1 fully saturated rings. The number of halogens is 2. The van der Waals surface area contributed by atoms with Gasteiger partial charge in [-0.25, -0.2) is 4.39 Å². The summed E-state index contributed by atoms with van der Waals surface area (Å²) >= 11 is 0. The van der Waals surface area contributed by atoms with Gasteiger partial charge in [0, 0.05) is 19.1 Å². The molecule has 0 radical (unpaired) electrons. The summed E-state index contributed by atoms with van der Waals surface area (Å²) in [6, 6.07) is 5.58. The summed E-state index contributed by atoms with van der Waals surface area (Å²) in [5.74, 6) is 0.613. The Morgan fingerprint density at radius 2 is 2.20 bits per heavy atom. The maximum atomic E-state index is 13.7. The predicted molar refractivity (Wildman–Crippen MR) is 81.9 cm³/mol. The molecular weight excluding hydrogens is 279 g/mol. The van der Waals surface area contributed by atoms with Crippen molar-refractivity contribution in [3.05, 3.63) is 29.6 Å². The number of nitrogens with zero attached hydrogens (tertiary/aromatic N) is 1. The summed E-state index contributed by atoms with van der Waals surface area (Å²) in [5.41, 5.74) is 6.86. The maximum absolute atomic E-state index is 13.7. The summed E-state index contributed by atoms with van der Waals surface area (Å²) in [7, 11) is 1.48. The maximum Gasteiger partial charge on any atom is 0.165 e. The SMILES string of the molecule is COc1ccc(CN2CCCC(C)C2CN)cc1F.Cl. The fraction of sp³-hybridized carbons (Fsp3) is 0.600. The summed E-state index contributed by atoms with van der Waals surface area (Å²) in [6.45, 7) is 4.71. The molecule has 0 aromatic heterocycles. The van der Waals surface area contributed by atoms with Gasteiger partial charge < -0.3 is 10.5 Å². The van der Waals surface area contributed by atoms with Crippen LogP contribution >= 0.6 is 12.4 Å². The number of likely N-dealkylation sites (tertiary alicyclic amines) is 1. The van der Waals surface area contributed by atoms with Crippen LogP contribution in [-0.4, -0.2) is 31.1 Å². The fourth-order valence-electron chi connectivity index (χ4n) is 2.95. The smallest absolute Gasteiger partial charge is 0.165 e. The Kier molecular flexibility index (Phi) is 6.72. The van der Waals surface area contributed by atoms with E-state index in [0.717, 1.165) is 18.7 Å². The normalized spacial score (nSPS) is 23.2. The van der Waals surface area contributed by atoms with Crippen LogP contribution in [-0.2, 0) is 6.54 Å². The van der Waals surface area contributed by atoms with Gasteiger partial charge >= 0.3 is 0 Å². The summed E-state index contributed by atoms with van der Waals surface area (Å²) < 4.78 is 18.6. The molecule has 2 N–H and O–H groups in total. The highest BCUT2D eigenvalue weighted by molar-refractivity contribution is 5.85. The molecule has 20 heavy (non-hydrogen) atoms. The molecule has 2 rings (SSSR count). The molecule has 0 bridgehead atoms. The van der Waals surface area contributed by atoms with Gasteiger partial charge in [-0.3, -0.25) is 4.90 Å². The summed E-state index contributed by atoms with van der Waals surface area (Å²) in [6.07, 6.45) is 2.42. The minimum Gasteiger partial charge on any atom is -0.494 e. The molecule has 114 valence electrons. The Labute approximate surface area is 126 Å². The molecule has 1 aliphatic rings. The van der Waals surface area contributed by atoms with Gasteiger partial charge in [0.2, 0.25) is 0 Å². The van der Waals surface area contributed by atoms with E-state index in [1.165, 1.54) is 20.0 Å². The second-order valence-corrected chi connectivity index (χ2v) is 5.36. The van der Waals surface area contributed by atoms with Crippen molar-refractivity contribution in [2.24, 2.45) is 11.7 Å². The number of piperidine rings is 1. The van der Waals surface area contributed by atoms with Crippen LogP contribution in [0.15, 0.2) is 18.2 Å². The van der Waals surface area contributed by atoms with Crippen LogP contribution in [0.4, 0.5) is 4.39 Å². The van der Waals surface area contributed by atoms with Crippen molar-refractivity contribution in [2.75, 3.05) is 20.2 Å². The minimum atomic E-state index is -0.297. The Morgan fingerprint density at radius 1 is 1.45 bits per heavy atom. The van der Waals surface area contributed by atoms with E-state index in [1.807, 2.05) is 6.07 Å². The molecule has 1 heterocycles. The van der Waals surface area contributed by atoms with Gasteiger partial charge in [-0.15, -0.1) is 12.4 Å². The Morgan fingerprint density at radius 3 is 2.80 bits per heavy atom. The zero-order valence-corrected chi connectivity index (χ0v) is 13.0. The van der Waals surface area contributed by atoms with Crippen molar-refractivity contribution in [1.29, 1.82) is 0 Å². The first-order valence-corrected chi connectivity index (χ1v) is 6.92. The van der Waals surface area contributed by atoms with Gasteiger partial charge in [0.25, 0.3) is 0 Å². The first-order valence-electron chi connectivity index (χ1n) is 6.92. The number of hydrogen-bond donors (Lipinski definition) is 1. The van der Waals surface area contributed by atoms with Crippen molar-refractivity contribution in [3.8, 4) is 5.75 Å². The first-order chi connectivity index (χ1) is 9.15. The van der Waals surface area contributed by atoms with Gasteiger partial charge in [0.15, 0.2) is 11.6 Å². The number of benzene rings is 1. The molecule has 0 aliphatic carbocycles. The monoisotopic (exact) mass is 302 g/mol. The van der Waals surface area contributed by atoms with Crippen LogP contribution in [0.1, 0.15) is 25.3 Å². The predicted octanol–water partition coefficient (Wildman–Crippen LogP) is 2.82. The van der Waals surface area contributed by atoms with Crippen molar-refractivity contribution in [1.82, 2.24) is 4.90 Å². The molecule has 0 amide bonds. The van der Waals surface area contributed by atoms with Gasteiger partial charge in [-0.1, -0.05) is 13.0 Å². The van der Waals surface area contributed by atoms with Crippen LogP contribution in [0.25, 0.3) is 0 Å². The minimum absolute atomic E-state index is 0. The average molecular weight is 303 g/mol. The number of ether oxygens (including phenoxy) is 1. The fourth-order valence-corrected chi connectivity index (χ4v) is 2.95. The third-order valence-electron chi connectivity index (χ3n) is 4.07. The number of methoxy groups -OCH3 is 1. The lowest BCUT2D eigenvalue weighted by atomic mass is 9.90. The van der Waals surface area contributed by atoms with E-state index < -0.39 is 0 Å². The van der Waals surface area contributed by atoms with E-state index in [2.05, 4.69) is 11.8 Å². The second kappa shape index (κ2) is 7.81.